The summed E-state index contributed by atoms with van der Waals surface area (Å²) in [5, 5.41) is 0. The molecule has 1 aromatic carbocycles. The average molecular weight is 202 g/mol. The molecule has 15 heavy (non-hydrogen) atoms. The second-order valence-electron chi connectivity index (χ2n) is 3.28. The second kappa shape index (κ2) is 4.69. The number of ether oxygens (including phenoxy) is 2. The lowest BCUT2D eigenvalue weighted by Crippen LogP contribution is -1.97. The topological polar surface area (TPSA) is 18.5 Å². The van der Waals surface area contributed by atoms with Gasteiger partial charge in [0.2, 0.25) is 0 Å². The predicted octanol–water partition coefficient (Wildman–Crippen LogP) is 3.36. The standard InChI is InChI=1S/C13H14O2/c1-2-15-13-8-4-3-7-12(13)11-6-5-9-14-10-11/h3-5,7-10H,2,6H2,1H3. The van der Waals surface area contributed by atoms with Crippen molar-refractivity contribution in [1.82, 2.24) is 0 Å². The van der Waals surface area contributed by atoms with Crippen LogP contribution in [0.15, 0.2) is 42.9 Å². The Morgan fingerprint density at radius 2 is 2.20 bits per heavy atom. The van der Waals surface area contributed by atoms with E-state index in [1.807, 2.05) is 31.2 Å². The molecule has 2 heteroatoms. The molecule has 2 nitrogen and oxygen atoms in total. The van der Waals surface area contributed by atoms with Crippen LogP contribution in [-0.4, -0.2) is 6.61 Å². The van der Waals surface area contributed by atoms with Crippen LogP contribution in [0.2, 0.25) is 0 Å². The summed E-state index contributed by atoms with van der Waals surface area (Å²) in [6, 6.07) is 8.03. The fourth-order valence-corrected chi connectivity index (χ4v) is 1.59. The molecule has 0 amide bonds. The third-order valence-electron chi connectivity index (χ3n) is 2.26. The highest BCUT2D eigenvalue weighted by Gasteiger charge is 2.09. The van der Waals surface area contributed by atoms with Gasteiger partial charge in [0.05, 0.1) is 19.1 Å². The number of hydrogen-bond donors (Lipinski definition) is 0. The van der Waals surface area contributed by atoms with Gasteiger partial charge in [0, 0.05) is 11.1 Å². The Bertz CT molecular complexity index is 391. The summed E-state index contributed by atoms with van der Waals surface area (Å²) >= 11 is 0. The third kappa shape index (κ3) is 2.21. The first kappa shape index (κ1) is 9.84. The Hall–Kier alpha value is -1.70. The molecular weight excluding hydrogens is 188 g/mol. The zero-order valence-electron chi connectivity index (χ0n) is 8.77. The molecule has 1 aliphatic rings. The highest BCUT2D eigenvalue weighted by Crippen LogP contribution is 2.29. The molecule has 0 atom stereocenters. The molecule has 1 heterocycles. The summed E-state index contributed by atoms with van der Waals surface area (Å²) in [7, 11) is 0. The minimum Gasteiger partial charge on any atom is -0.493 e. The van der Waals surface area contributed by atoms with Gasteiger partial charge in [-0.1, -0.05) is 18.2 Å². The van der Waals surface area contributed by atoms with Gasteiger partial charge in [-0.05, 0) is 25.5 Å². The minimum absolute atomic E-state index is 0.682. The zero-order valence-corrected chi connectivity index (χ0v) is 8.77. The molecule has 0 radical (unpaired) electrons. The van der Waals surface area contributed by atoms with Crippen LogP contribution in [0.3, 0.4) is 0 Å². The zero-order chi connectivity index (χ0) is 10.5. The van der Waals surface area contributed by atoms with Gasteiger partial charge in [0.1, 0.15) is 5.75 Å². The maximum atomic E-state index is 5.57. The van der Waals surface area contributed by atoms with Gasteiger partial charge in [-0.2, -0.15) is 0 Å². The van der Waals surface area contributed by atoms with Crippen LogP contribution >= 0.6 is 0 Å². The summed E-state index contributed by atoms with van der Waals surface area (Å²) in [4.78, 5) is 0. The summed E-state index contributed by atoms with van der Waals surface area (Å²) in [6.45, 7) is 2.67. The second-order valence-corrected chi connectivity index (χ2v) is 3.28. The Kier molecular flexibility index (Phi) is 3.08. The number of para-hydroxylation sites is 1. The van der Waals surface area contributed by atoms with Crippen LogP contribution in [0.1, 0.15) is 18.9 Å². The monoisotopic (exact) mass is 202 g/mol. The Balaban J connectivity index is 2.30. The fraction of sp³-hybridized carbons (Fsp3) is 0.231. The molecule has 0 aromatic heterocycles. The van der Waals surface area contributed by atoms with Crippen LogP contribution in [0.5, 0.6) is 5.75 Å². The number of hydrogen-bond acceptors (Lipinski definition) is 2. The quantitative estimate of drug-likeness (QED) is 0.748. The number of benzene rings is 1. The molecule has 0 unspecified atom stereocenters. The lowest BCUT2D eigenvalue weighted by atomic mass is 10.0. The maximum Gasteiger partial charge on any atom is 0.126 e. The van der Waals surface area contributed by atoms with E-state index in [4.69, 9.17) is 9.47 Å². The van der Waals surface area contributed by atoms with Crippen molar-refractivity contribution < 1.29 is 9.47 Å². The van der Waals surface area contributed by atoms with Gasteiger partial charge in [0.25, 0.3) is 0 Å². The summed E-state index contributed by atoms with van der Waals surface area (Å²) in [5.74, 6) is 0.921. The predicted molar refractivity (Wildman–Crippen MR) is 60.4 cm³/mol. The van der Waals surface area contributed by atoms with E-state index in [9.17, 15) is 0 Å². The molecular formula is C13H14O2. The van der Waals surface area contributed by atoms with Crippen LogP contribution < -0.4 is 4.74 Å². The Labute approximate surface area is 89.8 Å². The van der Waals surface area contributed by atoms with E-state index in [0.717, 1.165) is 23.3 Å². The first-order valence-electron chi connectivity index (χ1n) is 5.13. The van der Waals surface area contributed by atoms with E-state index < -0.39 is 0 Å². The largest absolute Gasteiger partial charge is 0.493 e. The fourth-order valence-electron chi connectivity index (χ4n) is 1.59. The van der Waals surface area contributed by atoms with Crippen molar-refractivity contribution in [2.75, 3.05) is 6.61 Å². The van der Waals surface area contributed by atoms with Crippen molar-refractivity contribution >= 4 is 5.57 Å². The molecule has 0 bridgehead atoms. The van der Waals surface area contributed by atoms with Crippen molar-refractivity contribution in [1.29, 1.82) is 0 Å². The summed E-state index contributed by atoms with van der Waals surface area (Å²) in [5.41, 5.74) is 2.27. The lowest BCUT2D eigenvalue weighted by molar-refractivity contribution is 0.338. The summed E-state index contributed by atoms with van der Waals surface area (Å²) < 4.78 is 10.7. The third-order valence-corrected chi connectivity index (χ3v) is 2.26. The van der Waals surface area contributed by atoms with E-state index in [1.54, 1.807) is 12.5 Å². The van der Waals surface area contributed by atoms with Gasteiger partial charge in [-0.25, -0.2) is 0 Å². The van der Waals surface area contributed by atoms with Crippen molar-refractivity contribution in [2.24, 2.45) is 0 Å². The van der Waals surface area contributed by atoms with Gasteiger partial charge >= 0.3 is 0 Å². The smallest absolute Gasteiger partial charge is 0.126 e. The average Bonchev–Trinajstić information content (AvgIpc) is 2.31. The van der Waals surface area contributed by atoms with Crippen LogP contribution in [-0.2, 0) is 4.74 Å². The van der Waals surface area contributed by atoms with Gasteiger partial charge in [-0.15, -0.1) is 0 Å². The van der Waals surface area contributed by atoms with Crippen molar-refractivity contribution in [3.63, 3.8) is 0 Å². The van der Waals surface area contributed by atoms with Crippen LogP contribution in [0.25, 0.3) is 5.57 Å². The molecule has 0 spiro atoms. The van der Waals surface area contributed by atoms with E-state index in [-0.39, 0.29) is 0 Å². The molecule has 2 rings (SSSR count). The Morgan fingerprint density at radius 3 is 2.93 bits per heavy atom. The molecule has 0 aliphatic carbocycles. The molecule has 1 aliphatic heterocycles. The highest BCUT2D eigenvalue weighted by atomic mass is 16.5. The number of allylic oxidation sites excluding steroid dienone is 2. The first-order chi connectivity index (χ1) is 7.42. The lowest BCUT2D eigenvalue weighted by Gasteiger charge is -2.13. The molecule has 0 N–H and O–H groups in total. The highest BCUT2D eigenvalue weighted by molar-refractivity contribution is 5.71. The van der Waals surface area contributed by atoms with Crippen LogP contribution in [0.4, 0.5) is 0 Å². The number of rotatable bonds is 3. The first-order valence-corrected chi connectivity index (χ1v) is 5.13. The Morgan fingerprint density at radius 1 is 1.33 bits per heavy atom. The SMILES string of the molecule is CCOc1ccccc1C1=COC=CC1. The van der Waals surface area contributed by atoms with Gasteiger partial charge < -0.3 is 9.47 Å². The minimum atomic E-state index is 0.682. The molecule has 78 valence electrons. The summed E-state index contributed by atoms with van der Waals surface area (Å²) in [6.07, 6.45) is 6.37. The van der Waals surface area contributed by atoms with E-state index in [0.29, 0.717) is 6.61 Å². The van der Waals surface area contributed by atoms with Crippen molar-refractivity contribution in [2.45, 2.75) is 13.3 Å². The van der Waals surface area contributed by atoms with E-state index in [2.05, 4.69) is 6.07 Å². The van der Waals surface area contributed by atoms with E-state index >= 15 is 0 Å². The van der Waals surface area contributed by atoms with Crippen molar-refractivity contribution in [3.8, 4) is 5.75 Å². The van der Waals surface area contributed by atoms with Gasteiger partial charge in [0.15, 0.2) is 0 Å². The van der Waals surface area contributed by atoms with E-state index in [1.165, 1.54) is 0 Å². The molecule has 1 aromatic rings. The van der Waals surface area contributed by atoms with Crippen LogP contribution in [0, 0.1) is 0 Å². The molecule has 0 saturated heterocycles. The normalized spacial score (nSPS) is 14.3. The van der Waals surface area contributed by atoms with Crippen molar-refractivity contribution in [3.05, 3.63) is 48.4 Å². The molecule has 0 fully saturated rings. The molecule has 0 saturated carbocycles. The van der Waals surface area contributed by atoms with Gasteiger partial charge in [-0.3, -0.25) is 0 Å². The maximum absolute atomic E-state index is 5.57.